The van der Waals surface area contributed by atoms with E-state index in [0.29, 0.717) is 10.7 Å². The molecule has 0 N–H and O–H groups in total. The van der Waals surface area contributed by atoms with Crippen LogP contribution in [0.5, 0.6) is 0 Å². The Bertz CT molecular complexity index is 1010. The largest absolute Gasteiger partial charge is 0.435 e. The minimum Gasteiger partial charge on any atom is -0.229 e. The van der Waals surface area contributed by atoms with Crippen molar-refractivity contribution in [2.45, 2.75) is 18.8 Å². The van der Waals surface area contributed by atoms with Crippen molar-refractivity contribution in [2.24, 2.45) is 0 Å². The molecule has 1 aromatic carbocycles. The molecule has 0 spiro atoms. The minimum atomic E-state index is -4.73. The van der Waals surface area contributed by atoms with Crippen LogP contribution in [-0.4, -0.2) is 14.8 Å². The predicted octanol–water partition coefficient (Wildman–Crippen LogP) is 5.69. The van der Waals surface area contributed by atoms with Gasteiger partial charge < -0.3 is 0 Å². The van der Waals surface area contributed by atoms with Crippen molar-refractivity contribution in [1.29, 1.82) is 0 Å². The molecule has 3 aromatic rings. The number of hydrogen-bond acceptors (Lipinski definition) is 2. The van der Waals surface area contributed by atoms with Crippen molar-refractivity contribution in [2.75, 3.05) is 0 Å². The highest BCUT2D eigenvalue weighted by Crippen LogP contribution is 2.31. The lowest BCUT2D eigenvalue weighted by Crippen LogP contribution is -2.10. The van der Waals surface area contributed by atoms with Gasteiger partial charge in [0.05, 0.1) is 16.3 Å². The summed E-state index contributed by atoms with van der Waals surface area (Å²) in [6.07, 6.45) is -8.60. The van der Waals surface area contributed by atoms with Gasteiger partial charge in [-0.15, -0.1) is 0 Å². The Labute approximate surface area is 158 Å². The Morgan fingerprint density at radius 2 is 1.68 bits per heavy atom. The average molecular weight is 424 g/mol. The lowest BCUT2D eigenvalue weighted by Gasteiger charge is -2.11. The van der Waals surface area contributed by atoms with E-state index in [0.717, 1.165) is 24.4 Å². The second-order valence-electron chi connectivity index (χ2n) is 5.74. The zero-order valence-electron chi connectivity index (χ0n) is 13.6. The number of halogens is 8. The molecule has 148 valence electrons. The van der Waals surface area contributed by atoms with Gasteiger partial charge in [-0.2, -0.15) is 31.4 Å². The van der Waals surface area contributed by atoms with Gasteiger partial charge >= 0.3 is 12.4 Å². The Kier molecular flexibility index (Phi) is 5.09. The van der Waals surface area contributed by atoms with E-state index in [1.54, 1.807) is 0 Å². The van der Waals surface area contributed by atoms with E-state index < -0.39 is 35.2 Å². The van der Waals surface area contributed by atoms with Gasteiger partial charge in [0.2, 0.25) is 0 Å². The van der Waals surface area contributed by atoms with Gasteiger partial charge in [-0.3, -0.25) is 0 Å². The van der Waals surface area contributed by atoms with Crippen LogP contribution >= 0.6 is 11.6 Å². The first kappa shape index (κ1) is 20.1. The van der Waals surface area contributed by atoms with Gasteiger partial charge in [-0.25, -0.2) is 14.1 Å². The highest BCUT2D eigenvalue weighted by molar-refractivity contribution is 6.31. The molecule has 0 radical (unpaired) electrons. The molecule has 2 aromatic heterocycles. The first-order valence-electron chi connectivity index (χ1n) is 7.59. The van der Waals surface area contributed by atoms with Crippen LogP contribution < -0.4 is 0 Å². The molecule has 0 amide bonds. The third kappa shape index (κ3) is 4.27. The summed E-state index contributed by atoms with van der Waals surface area (Å²) in [6.45, 7) is 0. The summed E-state index contributed by atoms with van der Waals surface area (Å²) in [4.78, 5) is 3.87. The molecule has 3 nitrogen and oxygen atoms in total. The fourth-order valence-corrected chi connectivity index (χ4v) is 2.63. The summed E-state index contributed by atoms with van der Waals surface area (Å²) in [5.41, 5.74) is -1.95. The van der Waals surface area contributed by atoms with Crippen molar-refractivity contribution >= 4 is 11.6 Å². The third-order valence-corrected chi connectivity index (χ3v) is 4.03. The fourth-order valence-electron chi connectivity index (χ4n) is 2.42. The molecule has 0 aliphatic rings. The van der Waals surface area contributed by atoms with E-state index in [-0.39, 0.29) is 22.7 Å². The van der Waals surface area contributed by atoms with Crippen LogP contribution in [0.4, 0.5) is 30.7 Å². The standard InChI is InChI=1S/C17H9ClF7N3/c18-11-8-12(19)15(28-5-4-14(27-28)17(23,24)25)26-13(11)7-9-2-1-3-10(6-9)16(20,21)22/h1-6,8H,7H2. The van der Waals surface area contributed by atoms with Crippen molar-refractivity contribution in [3.8, 4) is 5.82 Å². The maximum Gasteiger partial charge on any atom is 0.435 e. The molecular formula is C17H9ClF7N3. The quantitative estimate of drug-likeness (QED) is 0.507. The van der Waals surface area contributed by atoms with E-state index >= 15 is 0 Å². The summed E-state index contributed by atoms with van der Waals surface area (Å²) >= 11 is 5.91. The monoisotopic (exact) mass is 423 g/mol. The molecule has 2 heterocycles. The number of alkyl halides is 6. The Morgan fingerprint density at radius 3 is 2.29 bits per heavy atom. The maximum absolute atomic E-state index is 14.1. The van der Waals surface area contributed by atoms with Crippen molar-refractivity contribution in [1.82, 2.24) is 14.8 Å². The van der Waals surface area contributed by atoms with Gasteiger partial charge in [-0.1, -0.05) is 29.8 Å². The zero-order chi connectivity index (χ0) is 20.7. The molecule has 0 aliphatic heterocycles. The number of benzene rings is 1. The molecule has 0 unspecified atom stereocenters. The van der Waals surface area contributed by atoms with Crippen molar-refractivity contribution in [3.05, 3.63) is 75.9 Å². The lowest BCUT2D eigenvalue weighted by atomic mass is 10.1. The number of hydrogen-bond donors (Lipinski definition) is 0. The molecule has 0 aliphatic carbocycles. The number of pyridine rings is 1. The van der Waals surface area contributed by atoms with Crippen LogP contribution in [0, 0.1) is 5.82 Å². The highest BCUT2D eigenvalue weighted by Gasteiger charge is 2.34. The molecule has 0 fully saturated rings. The van der Waals surface area contributed by atoms with E-state index in [9.17, 15) is 30.7 Å². The Balaban J connectivity index is 1.98. The predicted molar refractivity (Wildman–Crippen MR) is 85.6 cm³/mol. The molecule has 28 heavy (non-hydrogen) atoms. The molecule has 0 saturated carbocycles. The van der Waals surface area contributed by atoms with Gasteiger partial charge in [0.25, 0.3) is 0 Å². The van der Waals surface area contributed by atoms with Gasteiger partial charge in [0, 0.05) is 12.6 Å². The highest BCUT2D eigenvalue weighted by atomic mass is 35.5. The summed E-state index contributed by atoms with van der Waals surface area (Å²) in [7, 11) is 0. The van der Waals surface area contributed by atoms with Crippen molar-refractivity contribution < 1.29 is 30.7 Å². The van der Waals surface area contributed by atoms with Crippen LogP contribution in [0.2, 0.25) is 5.02 Å². The zero-order valence-corrected chi connectivity index (χ0v) is 14.4. The van der Waals surface area contributed by atoms with Crippen LogP contribution in [-0.2, 0) is 18.8 Å². The number of rotatable bonds is 3. The normalized spacial score (nSPS) is 12.4. The van der Waals surface area contributed by atoms with E-state index in [1.165, 1.54) is 12.1 Å². The molecule has 0 atom stereocenters. The average Bonchev–Trinajstić information content (AvgIpc) is 3.07. The lowest BCUT2D eigenvalue weighted by molar-refractivity contribution is -0.141. The smallest absolute Gasteiger partial charge is 0.229 e. The SMILES string of the molecule is Fc1cc(Cl)c(Cc2cccc(C(F)(F)F)c2)nc1-n1ccc(C(F)(F)F)n1. The van der Waals surface area contributed by atoms with E-state index in [4.69, 9.17) is 11.6 Å². The van der Waals surface area contributed by atoms with E-state index in [1.807, 2.05) is 0 Å². The second kappa shape index (κ2) is 7.08. The van der Waals surface area contributed by atoms with Crippen molar-refractivity contribution in [3.63, 3.8) is 0 Å². The van der Waals surface area contributed by atoms with Gasteiger partial charge in [0.1, 0.15) is 0 Å². The summed E-state index contributed by atoms with van der Waals surface area (Å²) in [5.74, 6) is -1.59. The summed E-state index contributed by atoms with van der Waals surface area (Å²) in [5, 5.41) is 3.06. The van der Waals surface area contributed by atoms with Crippen LogP contribution in [0.25, 0.3) is 5.82 Å². The van der Waals surface area contributed by atoms with E-state index in [2.05, 4.69) is 10.1 Å². The maximum atomic E-state index is 14.1. The topological polar surface area (TPSA) is 30.7 Å². The first-order chi connectivity index (χ1) is 12.9. The van der Waals surface area contributed by atoms with Crippen LogP contribution in [0.1, 0.15) is 22.5 Å². The summed E-state index contributed by atoms with van der Waals surface area (Å²) in [6, 6.07) is 5.82. The molecule has 11 heteroatoms. The number of aromatic nitrogens is 3. The Morgan fingerprint density at radius 1 is 0.964 bits per heavy atom. The number of nitrogens with zero attached hydrogens (tertiary/aromatic N) is 3. The first-order valence-corrected chi connectivity index (χ1v) is 7.97. The third-order valence-electron chi connectivity index (χ3n) is 3.71. The molecule has 3 rings (SSSR count). The molecule has 0 saturated heterocycles. The fraction of sp³-hybridized carbons (Fsp3) is 0.176. The molecular weight excluding hydrogens is 415 g/mol. The summed E-state index contributed by atoms with van der Waals surface area (Å²) < 4.78 is 91.3. The Hall–Kier alpha value is -2.62. The second-order valence-corrected chi connectivity index (χ2v) is 6.15. The van der Waals surface area contributed by atoms with Crippen LogP contribution in [0.15, 0.2) is 42.6 Å². The van der Waals surface area contributed by atoms with Gasteiger partial charge in [0.15, 0.2) is 17.3 Å². The minimum absolute atomic E-state index is 0.0125. The molecule has 0 bridgehead atoms. The van der Waals surface area contributed by atoms with Gasteiger partial charge in [-0.05, 0) is 23.8 Å². The van der Waals surface area contributed by atoms with Crippen LogP contribution in [0.3, 0.4) is 0 Å².